The van der Waals surface area contributed by atoms with Crippen molar-refractivity contribution >= 4 is 11.6 Å². The minimum Gasteiger partial charge on any atom is -0.378 e. The van der Waals surface area contributed by atoms with E-state index >= 15 is 0 Å². The van der Waals surface area contributed by atoms with Crippen LogP contribution in [0.2, 0.25) is 0 Å². The number of nitrogens with zero attached hydrogens (tertiary/aromatic N) is 1. The molecule has 0 spiro atoms. The standard InChI is InChI=1S/C20H30N2O3/c1-16-6-2-5-9-19(16)25-13-10-21-20(23)17-7-3-4-8-18(17)22-11-14-24-15-12-22/h3-4,7-8,16,19H,2,5-6,9-15H2,1H3,(H,21,23). The number of morpholine rings is 1. The lowest BCUT2D eigenvalue weighted by Crippen LogP contribution is -2.38. The van der Waals surface area contributed by atoms with Crippen LogP contribution in [0.1, 0.15) is 43.0 Å². The lowest BCUT2D eigenvalue weighted by molar-refractivity contribution is -0.00293. The third-order valence-electron chi connectivity index (χ3n) is 5.25. The third-order valence-corrected chi connectivity index (χ3v) is 5.25. The van der Waals surface area contributed by atoms with E-state index in [1.54, 1.807) is 0 Å². The van der Waals surface area contributed by atoms with E-state index in [0.717, 1.165) is 30.8 Å². The summed E-state index contributed by atoms with van der Waals surface area (Å²) < 4.78 is 11.4. The maximum absolute atomic E-state index is 12.6. The van der Waals surface area contributed by atoms with Crippen LogP contribution >= 0.6 is 0 Å². The number of para-hydroxylation sites is 1. The summed E-state index contributed by atoms with van der Waals surface area (Å²) in [7, 11) is 0. The van der Waals surface area contributed by atoms with Gasteiger partial charge in [0.2, 0.25) is 0 Å². The zero-order valence-corrected chi connectivity index (χ0v) is 15.2. The second-order valence-corrected chi connectivity index (χ2v) is 7.04. The highest BCUT2D eigenvalue weighted by Gasteiger charge is 2.22. The first-order chi connectivity index (χ1) is 12.3. The highest BCUT2D eigenvalue weighted by atomic mass is 16.5. The van der Waals surface area contributed by atoms with Crippen LogP contribution in [0, 0.1) is 5.92 Å². The molecule has 138 valence electrons. The summed E-state index contributed by atoms with van der Waals surface area (Å²) in [4.78, 5) is 14.8. The smallest absolute Gasteiger partial charge is 0.253 e. The van der Waals surface area contributed by atoms with Crippen molar-refractivity contribution in [3.8, 4) is 0 Å². The monoisotopic (exact) mass is 346 g/mol. The molecule has 1 saturated carbocycles. The van der Waals surface area contributed by atoms with Gasteiger partial charge in [-0.3, -0.25) is 4.79 Å². The quantitative estimate of drug-likeness (QED) is 0.805. The molecule has 25 heavy (non-hydrogen) atoms. The average Bonchev–Trinajstić information content (AvgIpc) is 2.67. The lowest BCUT2D eigenvalue weighted by Gasteiger charge is -2.30. The first-order valence-electron chi connectivity index (χ1n) is 9.57. The van der Waals surface area contributed by atoms with E-state index < -0.39 is 0 Å². The van der Waals surface area contributed by atoms with E-state index in [1.807, 2.05) is 24.3 Å². The molecule has 2 fully saturated rings. The zero-order valence-electron chi connectivity index (χ0n) is 15.2. The van der Waals surface area contributed by atoms with Gasteiger partial charge in [0.05, 0.1) is 31.5 Å². The second kappa shape index (κ2) is 9.20. The molecule has 0 aromatic heterocycles. The van der Waals surface area contributed by atoms with Gasteiger partial charge in [-0.25, -0.2) is 0 Å². The molecule has 1 N–H and O–H groups in total. The third kappa shape index (κ3) is 4.95. The molecule has 2 aliphatic rings. The minimum atomic E-state index is -0.0256. The predicted molar refractivity (Wildman–Crippen MR) is 99.2 cm³/mol. The number of carbonyl (C=O) groups is 1. The summed E-state index contributed by atoms with van der Waals surface area (Å²) >= 11 is 0. The molecule has 2 unspecified atom stereocenters. The van der Waals surface area contributed by atoms with Gasteiger partial charge in [-0.1, -0.05) is 31.9 Å². The van der Waals surface area contributed by atoms with Crippen molar-refractivity contribution in [3.63, 3.8) is 0 Å². The molecule has 1 heterocycles. The highest BCUT2D eigenvalue weighted by Crippen LogP contribution is 2.26. The zero-order chi connectivity index (χ0) is 17.5. The molecular weight excluding hydrogens is 316 g/mol. The van der Waals surface area contributed by atoms with Crippen LogP contribution in [0.5, 0.6) is 0 Å². The Bertz CT molecular complexity index is 558. The van der Waals surface area contributed by atoms with Crippen LogP contribution in [0.3, 0.4) is 0 Å². The number of ether oxygens (including phenoxy) is 2. The van der Waals surface area contributed by atoms with Gasteiger partial charge in [-0.15, -0.1) is 0 Å². The van der Waals surface area contributed by atoms with Crippen molar-refractivity contribution in [2.24, 2.45) is 5.92 Å². The SMILES string of the molecule is CC1CCCCC1OCCNC(=O)c1ccccc1N1CCOCC1. The van der Waals surface area contributed by atoms with Crippen molar-refractivity contribution in [1.29, 1.82) is 0 Å². The summed E-state index contributed by atoms with van der Waals surface area (Å²) in [6.07, 6.45) is 5.33. The second-order valence-electron chi connectivity index (χ2n) is 7.04. The average molecular weight is 346 g/mol. The Kier molecular flexibility index (Phi) is 6.70. The van der Waals surface area contributed by atoms with Crippen molar-refractivity contribution in [2.45, 2.75) is 38.7 Å². The van der Waals surface area contributed by atoms with Crippen LogP contribution in [0.4, 0.5) is 5.69 Å². The van der Waals surface area contributed by atoms with Gasteiger partial charge in [0.1, 0.15) is 0 Å². The lowest BCUT2D eigenvalue weighted by atomic mass is 9.88. The maximum Gasteiger partial charge on any atom is 0.253 e. The van der Waals surface area contributed by atoms with Crippen LogP contribution in [-0.4, -0.2) is 51.5 Å². The van der Waals surface area contributed by atoms with Gasteiger partial charge < -0.3 is 19.7 Å². The summed E-state index contributed by atoms with van der Waals surface area (Å²) in [5, 5.41) is 3.01. The number of hydrogen-bond donors (Lipinski definition) is 1. The molecule has 5 heteroatoms. The van der Waals surface area contributed by atoms with Gasteiger partial charge >= 0.3 is 0 Å². The minimum absolute atomic E-state index is 0.0256. The summed E-state index contributed by atoms with van der Waals surface area (Å²) in [5.41, 5.74) is 1.72. The maximum atomic E-state index is 12.6. The van der Waals surface area contributed by atoms with Gasteiger partial charge in [-0.05, 0) is 30.9 Å². The molecule has 5 nitrogen and oxygen atoms in total. The van der Waals surface area contributed by atoms with E-state index in [4.69, 9.17) is 9.47 Å². The Morgan fingerprint density at radius 1 is 1.24 bits per heavy atom. The van der Waals surface area contributed by atoms with Crippen molar-refractivity contribution in [2.75, 3.05) is 44.4 Å². The van der Waals surface area contributed by atoms with E-state index in [0.29, 0.717) is 38.4 Å². The predicted octanol–water partition coefficient (Wildman–Crippen LogP) is 2.85. The Hall–Kier alpha value is -1.59. The Balaban J connectivity index is 1.49. The number of hydrogen-bond acceptors (Lipinski definition) is 4. The van der Waals surface area contributed by atoms with Gasteiger partial charge in [0.25, 0.3) is 5.91 Å². The molecule has 1 aromatic carbocycles. The summed E-state index contributed by atoms with van der Waals surface area (Å²) in [5.74, 6) is 0.605. The molecule has 3 rings (SSSR count). The summed E-state index contributed by atoms with van der Waals surface area (Å²) in [6.45, 7) is 6.48. The van der Waals surface area contributed by atoms with Crippen LogP contribution in [0.15, 0.2) is 24.3 Å². The van der Waals surface area contributed by atoms with E-state index in [-0.39, 0.29) is 5.91 Å². The van der Waals surface area contributed by atoms with E-state index in [1.165, 1.54) is 19.3 Å². The van der Waals surface area contributed by atoms with Gasteiger partial charge in [0.15, 0.2) is 0 Å². The number of benzene rings is 1. The topological polar surface area (TPSA) is 50.8 Å². The molecular formula is C20H30N2O3. The molecule has 0 bridgehead atoms. The molecule has 2 atom stereocenters. The molecule has 1 aliphatic carbocycles. The molecule has 0 radical (unpaired) electrons. The van der Waals surface area contributed by atoms with Crippen LogP contribution < -0.4 is 10.2 Å². The van der Waals surface area contributed by atoms with Crippen molar-refractivity contribution < 1.29 is 14.3 Å². The fourth-order valence-electron chi connectivity index (χ4n) is 3.75. The Morgan fingerprint density at radius 2 is 2.00 bits per heavy atom. The van der Waals surface area contributed by atoms with E-state index in [2.05, 4.69) is 17.1 Å². The molecule has 1 saturated heterocycles. The molecule has 1 aromatic rings. The molecule has 1 aliphatic heterocycles. The number of carbonyl (C=O) groups excluding carboxylic acids is 1. The fraction of sp³-hybridized carbons (Fsp3) is 0.650. The fourth-order valence-corrected chi connectivity index (χ4v) is 3.75. The van der Waals surface area contributed by atoms with Gasteiger partial charge in [0, 0.05) is 25.3 Å². The Labute approximate surface area is 150 Å². The number of nitrogens with one attached hydrogen (secondary N) is 1. The van der Waals surface area contributed by atoms with Crippen molar-refractivity contribution in [3.05, 3.63) is 29.8 Å². The number of anilines is 1. The summed E-state index contributed by atoms with van der Waals surface area (Å²) in [6, 6.07) is 7.80. The van der Waals surface area contributed by atoms with Crippen LogP contribution in [-0.2, 0) is 9.47 Å². The normalized spacial score (nSPS) is 24.1. The first-order valence-corrected chi connectivity index (χ1v) is 9.57. The first kappa shape index (κ1) is 18.2. The van der Waals surface area contributed by atoms with Crippen molar-refractivity contribution in [1.82, 2.24) is 5.32 Å². The number of amides is 1. The largest absolute Gasteiger partial charge is 0.378 e. The van der Waals surface area contributed by atoms with E-state index in [9.17, 15) is 4.79 Å². The van der Waals surface area contributed by atoms with Crippen LogP contribution in [0.25, 0.3) is 0 Å². The Morgan fingerprint density at radius 3 is 2.80 bits per heavy atom. The number of rotatable bonds is 6. The highest BCUT2D eigenvalue weighted by molar-refractivity contribution is 5.99. The van der Waals surface area contributed by atoms with Gasteiger partial charge in [-0.2, -0.15) is 0 Å². The molecule has 1 amide bonds.